The number of nitrogens with two attached hydrogens (primary N) is 1. The monoisotopic (exact) mass is 565 g/mol. The van der Waals surface area contributed by atoms with Crippen molar-refractivity contribution in [2.45, 2.75) is 42.7 Å². The fraction of sp³-hybridized carbons (Fsp3) is 0.345. The molecule has 1 aliphatic rings. The van der Waals surface area contributed by atoms with Crippen molar-refractivity contribution in [1.29, 1.82) is 5.41 Å². The van der Waals surface area contributed by atoms with Gasteiger partial charge in [-0.1, -0.05) is 54.6 Å². The van der Waals surface area contributed by atoms with Crippen molar-refractivity contribution in [3.63, 3.8) is 0 Å². The van der Waals surface area contributed by atoms with Crippen molar-refractivity contribution in [1.82, 2.24) is 14.5 Å². The van der Waals surface area contributed by atoms with E-state index < -0.39 is 34.6 Å². The molecular formula is C29H35N5O5S. The van der Waals surface area contributed by atoms with Crippen molar-refractivity contribution in [2.24, 2.45) is 5.73 Å². The molecule has 11 heteroatoms. The van der Waals surface area contributed by atoms with Gasteiger partial charge < -0.3 is 20.6 Å². The van der Waals surface area contributed by atoms with Crippen LogP contribution in [0.15, 0.2) is 71.6 Å². The van der Waals surface area contributed by atoms with Gasteiger partial charge in [0, 0.05) is 32.1 Å². The lowest BCUT2D eigenvalue weighted by Gasteiger charge is -2.35. The number of carbonyl (C=O) groups is 2. The van der Waals surface area contributed by atoms with Crippen molar-refractivity contribution in [2.75, 3.05) is 26.7 Å². The van der Waals surface area contributed by atoms with Crippen molar-refractivity contribution in [3.05, 3.63) is 77.9 Å². The molecule has 0 saturated carbocycles. The average molecular weight is 566 g/mol. The predicted octanol–water partition coefficient (Wildman–Crippen LogP) is 1.85. The summed E-state index contributed by atoms with van der Waals surface area (Å²) >= 11 is 0. The maximum atomic E-state index is 13.6. The molecule has 0 spiro atoms. The van der Waals surface area contributed by atoms with Gasteiger partial charge in [-0.05, 0) is 47.7 Å². The van der Waals surface area contributed by atoms with E-state index in [1.54, 1.807) is 47.4 Å². The van der Waals surface area contributed by atoms with Crippen LogP contribution in [0.25, 0.3) is 10.8 Å². The van der Waals surface area contributed by atoms with Crippen LogP contribution in [0.3, 0.4) is 0 Å². The number of piperidine rings is 1. The number of amidine groups is 1. The second-order valence-corrected chi connectivity index (χ2v) is 11.7. The zero-order valence-corrected chi connectivity index (χ0v) is 23.2. The zero-order chi connectivity index (χ0) is 28.9. The average Bonchev–Trinajstić information content (AvgIpc) is 2.98. The molecule has 0 radical (unpaired) electrons. The molecule has 2 amide bonds. The Hall–Kier alpha value is -3.80. The molecule has 1 saturated heterocycles. The number of nitrogens with one attached hydrogen (secondary N) is 2. The topological polar surface area (TPSA) is 157 Å². The van der Waals surface area contributed by atoms with Gasteiger partial charge in [0.25, 0.3) is 0 Å². The summed E-state index contributed by atoms with van der Waals surface area (Å²) in [6.45, 7) is 0.380. The van der Waals surface area contributed by atoms with E-state index in [1.807, 2.05) is 12.1 Å². The molecule has 5 N–H and O–H groups in total. The van der Waals surface area contributed by atoms with Crippen molar-refractivity contribution < 1.29 is 23.1 Å². The molecular weight excluding hydrogens is 530 g/mol. The Kier molecular flexibility index (Phi) is 9.18. The first-order valence-corrected chi connectivity index (χ1v) is 14.7. The van der Waals surface area contributed by atoms with Gasteiger partial charge in [0.1, 0.15) is 17.9 Å². The van der Waals surface area contributed by atoms with E-state index in [0.29, 0.717) is 18.7 Å². The number of hydrogen-bond acceptors (Lipinski definition) is 6. The summed E-state index contributed by atoms with van der Waals surface area (Å²) in [5.74, 6) is -1.04. The van der Waals surface area contributed by atoms with Crippen LogP contribution in [0, 0.1) is 5.41 Å². The third kappa shape index (κ3) is 6.67. The van der Waals surface area contributed by atoms with Crippen LogP contribution in [0.2, 0.25) is 0 Å². The van der Waals surface area contributed by atoms with Crippen LogP contribution in [-0.2, 0) is 26.0 Å². The van der Waals surface area contributed by atoms with E-state index in [2.05, 4.69) is 4.72 Å². The van der Waals surface area contributed by atoms with Crippen LogP contribution < -0.4 is 10.5 Å². The van der Waals surface area contributed by atoms with Gasteiger partial charge >= 0.3 is 0 Å². The number of rotatable bonds is 10. The highest BCUT2D eigenvalue weighted by molar-refractivity contribution is 7.89. The number of nitrogens with zero attached hydrogens (tertiary/aromatic N) is 2. The number of likely N-dealkylation sites (N-methyl/N-ethyl adjacent to an activating group) is 1. The molecule has 0 aromatic heterocycles. The van der Waals surface area contributed by atoms with E-state index in [4.69, 9.17) is 11.1 Å². The number of amides is 2. The highest BCUT2D eigenvalue weighted by atomic mass is 32.2. The van der Waals surface area contributed by atoms with Gasteiger partial charge in [-0.15, -0.1) is 0 Å². The molecule has 3 aromatic rings. The normalized spacial score (nSPS) is 15.4. The third-order valence-electron chi connectivity index (χ3n) is 7.27. The molecule has 1 heterocycles. The first-order chi connectivity index (χ1) is 19.1. The van der Waals surface area contributed by atoms with Crippen molar-refractivity contribution >= 4 is 38.4 Å². The zero-order valence-electron chi connectivity index (χ0n) is 22.4. The minimum Gasteiger partial charge on any atom is -0.394 e. The Labute approximate surface area is 234 Å². The number of aliphatic hydroxyl groups excluding tert-OH is 1. The predicted molar refractivity (Wildman–Crippen MR) is 153 cm³/mol. The minimum atomic E-state index is -4.16. The van der Waals surface area contributed by atoms with E-state index in [-0.39, 0.29) is 23.1 Å². The summed E-state index contributed by atoms with van der Waals surface area (Å²) in [5, 5.41) is 19.3. The third-order valence-corrected chi connectivity index (χ3v) is 8.74. The summed E-state index contributed by atoms with van der Waals surface area (Å²) in [4.78, 5) is 30.1. The number of carbonyl (C=O) groups excluding carboxylic acids is 2. The van der Waals surface area contributed by atoms with Crippen LogP contribution in [0.5, 0.6) is 0 Å². The van der Waals surface area contributed by atoms with Crippen molar-refractivity contribution in [3.8, 4) is 0 Å². The lowest BCUT2D eigenvalue weighted by atomic mass is 10.00. The Bertz CT molecular complexity index is 1490. The minimum absolute atomic E-state index is 0.0355. The molecule has 2 atom stereocenters. The van der Waals surface area contributed by atoms with Gasteiger partial charge in [-0.3, -0.25) is 15.0 Å². The molecule has 3 aromatic carbocycles. The van der Waals surface area contributed by atoms with E-state index in [9.17, 15) is 23.1 Å². The number of likely N-dealkylation sites (tertiary alicyclic amines) is 1. The van der Waals surface area contributed by atoms with Crippen LogP contribution in [0.4, 0.5) is 0 Å². The summed E-state index contributed by atoms with van der Waals surface area (Å²) < 4.78 is 28.7. The van der Waals surface area contributed by atoms with E-state index in [1.165, 1.54) is 24.1 Å². The van der Waals surface area contributed by atoms with E-state index in [0.717, 1.165) is 35.6 Å². The molecule has 1 aliphatic heterocycles. The van der Waals surface area contributed by atoms with Gasteiger partial charge in [-0.25, -0.2) is 8.42 Å². The first-order valence-electron chi connectivity index (χ1n) is 13.2. The standard InChI is InChI=1S/C29H35N5O5S/c1-33(26(29(37)34-15-5-2-6-16-34)17-20-9-11-22(12-10-20)27(30)31)28(36)25(19-35)32-40(38,39)24-14-13-21-7-3-4-8-23(21)18-24/h3-4,7-14,18,25-26,32,35H,2,5-6,15-17,19H2,1H3,(H3,30,31)/t25-,26-/m0/s1. The molecule has 212 valence electrons. The van der Waals surface area contributed by atoms with Gasteiger partial charge in [0.15, 0.2) is 0 Å². The molecule has 4 rings (SSSR count). The second kappa shape index (κ2) is 12.6. The Morgan fingerprint density at radius 1 is 1.02 bits per heavy atom. The number of fused-ring (bicyclic) bond motifs is 1. The van der Waals surface area contributed by atoms with Gasteiger partial charge in [0.2, 0.25) is 21.8 Å². The summed E-state index contributed by atoms with van der Waals surface area (Å²) in [7, 11) is -2.71. The Balaban J connectivity index is 1.57. The highest BCUT2D eigenvalue weighted by Crippen LogP contribution is 2.20. The lowest BCUT2D eigenvalue weighted by Crippen LogP contribution is -2.57. The first kappa shape index (κ1) is 29.2. The van der Waals surface area contributed by atoms with Gasteiger partial charge in [-0.2, -0.15) is 4.72 Å². The van der Waals surface area contributed by atoms with Crippen LogP contribution >= 0.6 is 0 Å². The summed E-state index contributed by atoms with van der Waals surface area (Å²) in [6.07, 6.45) is 2.94. The SMILES string of the molecule is CN(C(=O)[C@H](CO)NS(=O)(=O)c1ccc2ccccc2c1)[C@@H](Cc1ccc(C(=N)N)cc1)C(=O)N1CCCCC1. The number of benzene rings is 3. The van der Waals surface area contributed by atoms with E-state index >= 15 is 0 Å². The smallest absolute Gasteiger partial charge is 0.245 e. The maximum Gasteiger partial charge on any atom is 0.245 e. The highest BCUT2D eigenvalue weighted by Gasteiger charge is 2.36. The maximum absolute atomic E-state index is 13.6. The lowest BCUT2D eigenvalue weighted by molar-refractivity contribution is -0.146. The molecule has 0 aliphatic carbocycles. The largest absolute Gasteiger partial charge is 0.394 e. The quantitative estimate of drug-likeness (QED) is 0.217. The molecule has 40 heavy (non-hydrogen) atoms. The second-order valence-electron chi connectivity index (χ2n) is 10.0. The molecule has 0 unspecified atom stereocenters. The number of hydrogen-bond donors (Lipinski definition) is 4. The molecule has 10 nitrogen and oxygen atoms in total. The van der Waals surface area contributed by atoms with Gasteiger partial charge in [0.05, 0.1) is 11.5 Å². The summed E-state index contributed by atoms with van der Waals surface area (Å²) in [6, 6.07) is 16.4. The Morgan fingerprint density at radius 2 is 1.68 bits per heavy atom. The Morgan fingerprint density at radius 3 is 2.30 bits per heavy atom. The summed E-state index contributed by atoms with van der Waals surface area (Å²) in [5.41, 5.74) is 6.84. The van der Waals surface area contributed by atoms with Crippen LogP contribution in [0.1, 0.15) is 30.4 Å². The fourth-order valence-electron chi connectivity index (χ4n) is 4.91. The van der Waals surface area contributed by atoms with Crippen LogP contribution in [-0.4, -0.2) is 79.8 Å². The molecule has 0 bridgehead atoms. The molecule has 1 fully saturated rings. The fourth-order valence-corrected chi connectivity index (χ4v) is 6.13. The number of sulfonamides is 1. The number of aliphatic hydroxyl groups is 1. The number of nitrogen functional groups attached to an aromatic ring is 1.